The number of nitrogens with zero attached hydrogens (tertiary/aromatic N) is 5. The van der Waals surface area contributed by atoms with Crippen LogP contribution in [0, 0.1) is 5.92 Å². The molecular weight excluding hydrogens is 666 g/mol. The van der Waals surface area contributed by atoms with Gasteiger partial charge in [0.05, 0.1) is 19.1 Å². The number of carbonyl (C=O) groups excluding carboxylic acids is 5. The van der Waals surface area contributed by atoms with E-state index in [4.69, 9.17) is 25.8 Å². The van der Waals surface area contributed by atoms with Crippen LogP contribution in [0.4, 0.5) is 9.59 Å². The lowest BCUT2D eigenvalue weighted by molar-refractivity contribution is -0.124. The van der Waals surface area contributed by atoms with Crippen molar-refractivity contribution in [3.8, 4) is 0 Å². The molecule has 0 aliphatic carbocycles. The van der Waals surface area contributed by atoms with Crippen LogP contribution in [0.3, 0.4) is 0 Å². The van der Waals surface area contributed by atoms with Crippen molar-refractivity contribution in [3.63, 3.8) is 0 Å². The number of pyridine rings is 2. The summed E-state index contributed by atoms with van der Waals surface area (Å²) < 4.78 is 16.0. The van der Waals surface area contributed by atoms with Crippen LogP contribution in [0.25, 0.3) is 0 Å². The van der Waals surface area contributed by atoms with E-state index < -0.39 is 28.5 Å². The van der Waals surface area contributed by atoms with Crippen molar-refractivity contribution in [2.45, 2.75) is 65.6 Å². The molecule has 14 heteroatoms. The third-order valence-corrected chi connectivity index (χ3v) is 7.73. The number of Topliss-reactive ketones (excluding diaryl/α,β-unsaturated/α-hetero) is 2. The first-order valence-corrected chi connectivity index (χ1v) is 17.0. The zero-order chi connectivity index (χ0) is 36.9. The molecule has 5 heterocycles. The number of likely N-dealkylation sites (tertiary alicyclic amines) is 1. The monoisotopic (exact) mass is 713 g/mol. The van der Waals surface area contributed by atoms with Crippen LogP contribution < -0.4 is 0 Å². The standard InChI is InChI=1S/C16H20N2O4.C14H24N2O3.C6H4ClNO/c1-16(2,3)22-15(21)18-9-6-13(19)12(10-18)14(20)11-4-7-17-8-5-11;1-14(2,3)19-13(17)16-6-4-12(5-7-16)15-8-10-18-11-9-15;7-6(9)5-1-3-8-4-2-5/h4-5,7-8,12H,6,9-10H2,1-3H3;4H,5-11H2,1-3H3;1-4H. The molecule has 0 N–H and O–H groups in total. The van der Waals surface area contributed by atoms with Crippen molar-refractivity contribution < 1.29 is 38.2 Å². The van der Waals surface area contributed by atoms with Crippen LogP contribution in [0.5, 0.6) is 0 Å². The van der Waals surface area contributed by atoms with E-state index in [9.17, 15) is 24.0 Å². The highest BCUT2D eigenvalue weighted by atomic mass is 35.5. The first-order chi connectivity index (χ1) is 23.5. The fourth-order valence-electron chi connectivity index (χ4n) is 5.04. The summed E-state index contributed by atoms with van der Waals surface area (Å²) in [7, 11) is 0. The van der Waals surface area contributed by atoms with Crippen molar-refractivity contribution in [1.82, 2.24) is 24.7 Å². The van der Waals surface area contributed by atoms with Crippen LogP contribution in [-0.4, -0.2) is 117 Å². The van der Waals surface area contributed by atoms with E-state index in [1.54, 1.807) is 49.9 Å². The highest BCUT2D eigenvalue weighted by molar-refractivity contribution is 6.67. The van der Waals surface area contributed by atoms with Gasteiger partial charge in [0.15, 0.2) is 5.78 Å². The average Bonchev–Trinajstić information content (AvgIpc) is 3.08. The molecule has 0 aromatic carbocycles. The number of carbonyl (C=O) groups is 5. The predicted molar refractivity (Wildman–Crippen MR) is 187 cm³/mol. The number of ketones is 2. The predicted octanol–water partition coefficient (Wildman–Crippen LogP) is 5.39. The summed E-state index contributed by atoms with van der Waals surface area (Å²) in [5.41, 5.74) is 1.21. The number of amides is 2. The van der Waals surface area contributed by atoms with E-state index in [0.717, 1.165) is 39.3 Å². The number of morpholine rings is 1. The smallest absolute Gasteiger partial charge is 0.410 e. The Hall–Kier alpha value is -4.36. The number of ether oxygens (including phenoxy) is 3. The summed E-state index contributed by atoms with van der Waals surface area (Å²) in [5, 5.41) is -0.447. The average molecular weight is 714 g/mol. The summed E-state index contributed by atoms with van der Waals surface area (Å²) in [5.74, 6) is -1.24. The molecule has 5 rings (SSSR count). The van der Waals surface area contributed by atoms with Crippen molar-refractivity contribution in [2.24, 2.45) is 5.92 Å². The number of aromatic nitrogens is 2. The highest BCUT2D eigenvalue weighted by Crippen LogP contribution is 2.21. The second-order valence-electron chi connectivity index (χ2n) is 13.8. The lowest BCUT2D eigenvalue weighted by Gasteiger charge is -2.35. The molecule has 0 saturated carbocycles. The lowest BCUT2D eigenvalue weighted by atomic mass is 9.89. The van der Waals surface area contributed by atoms with Crippen molar-refractivity contribution in [3.05, 3.63) is 72.0 Å². The van der Waals surface area contributed by atoms with Crippen molar-refractivity contribution in [2.75, 3.05) is 52.5 Å². The van der Waals surface area contributed by atoms with Crippen molar-refractivity contribution in [1.29, 1.82) is 0 Å². The molecule has 3 aliphatic rings. The molecule has 2 aromatic heterocycles. The molecule has 2 amide bonds. The van der Waals surface area contributed by atoms with E-state index >= 15 is 0 Å². The van der Waals surface area contributed by atoms with Gasteiger partial charge in [0.1, 0.15) is 17.0 Å². The molecule has 1 atom stereocenters. The van der Waals surface area contributed by atoms with Crippen LogP contribution >= 0.6 is 11.6 Å². The zero-order valence-electron chi connectivity index (χ0n) is 29.7. The highest BCUT2D eigenvalue weighted by Gasteiger charge is 2.36. The number of hydrogen-bond acceptors (Lipinski definition) is 11. The van der Waals surface area contributed by atoms with Gasteiger partial charge in [0.2, 0.25) is 0 Å². The Balaban J connectivity index is 0.000000219. The van der Waals surface area contributed by atoms with Gasteiger partial charge in [0, 0.05) is 93.7 Å². The number of piperidine rings is 1. The topological polar surface area (TPSA) is 149 Å². The molecule has 0 radical (unpaired) electrons. The SMILES string of the molecule is CC(C)(C)OC(=O)N1CC=C(N2CCOCC2)CC1.CC(C)(C)OC(=O)N1CCC(=O)C(C(=O)c2ccncc2)C1.O=C(Cl)c1ccncc1. The van der Waals surface area contributed by atoms with E-state index in [1.807, 2.05) is 20.8 Å². The van der Waals surface area contributed by atoms with Gasteiger partial charge in [-0.15, -0.1) is 0 Å². The van der Waals surface area contributed by atoms with Crippen molar-refractivity contribution >= 4 is 40.6 Å². The normalized spacial score (nSPS) is 18.0. The molecule has 3 aliphatic heterocycles. The van der Waals surface area contributed by atoms with Gasteiger partial charge in [-0.25, -0.2) is 9.59 Å². The third kappa shape index (κ3) is 13.5. The number of halogens is 1. The first-order valence-electron chi connectivity index (χ1n) is 16.6. The molecule has 0 spiro atoms. The minimum atomic E-state index is -0.830. The van der Waals surface area contributed by atoms with E-state index in [-0.39, 0.29) is 37.2 Å². The van der Waals surface area contributed by atoms with Gasteiger partial charge >= 0.3 is 12.2 Å². The molecule has 13 nitrogen and oxygen atoms in total. The Labute approximate surface area is 298 Å². The van der Waals surface area contributed by atoms with Gasteiger partial charge in [-0.1, -0.05) is 0 Å². The second kappa shape index (κ2) is 18.6. The van der Waals surface area contributed by atoms with Gasteiger partial charge in [-0.2, -0.15) is 0 Å². The quantitative estimate of drug-likeness (QED) is 0.228. The molecule has 272 valence electrons. The molecular formula is C36H48ClN5O8. The van der Waals surface area contributed by atoms with Gasteiger partial charge in [-0.3, -0.25) is 24.4 Å². The first kappa shape index (κ1) is 40.1. The molecule has 0 bridgehead atoms. The third-order valence-electron chi connectivity index (χ3n) is 7.51. The van der Waals surface area contributed by atoms with Crippen LogP contribution in [0.15, 0.2) is 60.8 Å². The van der Waals surface area contributed by atoms with E-state index in [1.165, 1.54) is 35.4 Å². The molecule has 2 aromatic rings. The van der Waals surface area contributed by atoms with Gasteiger partial charge in [0.25, 0.3) is 5.24 Å². The fraction of sp³-hybridized carbons (Fsp3) is 0.528. The minimum Gasteiger partial charge on any atom is -0.444 e. The summed E-state index contributed by atoms with van der Waals surface area (Å²) in [4.78, 5) is 72.0. The Morgan fingerprint density at radius 2 is 1.26 bits per heavy atom. The Morgan fingerprint density at radius 3 is 1.72 bits per heavy atom. The maximum Gasteiger partial charge on any atom is 0.410 e. The summed E-state index contributed by atoms with van der Waals surface area (Å²) >= 11 is 5.14. The fourth-order valence-corrected chi connectivity index (χ4v) is 5.17. The van der Waals surface area contributed by atoms with Crippen LogP contribution in [0.2, 0.25) is 0 Å². The maximum absolute atomic E-state index is 12.4. The molecule has 50 heavy (non-hydrogen) atoms. The molecule has 2 fully saturated rings. The lowest BCUT2D eigenvalue weighted by Crippen LogP contribution is -2.48. The van der Waals surface area contributed by atoms with E-state index in [0.29, 0.717) is 17.7 Å². The van der Waals surface area contributed by atoms with Crippen LogP contribution in [0.1, 0.15) is 75.1 Å². The maximum atomic E-state index is 12.4. The summed E-state index contributed by atoms with van der Waals surface area (Å²) in [6, 6.07) is 6.27. The largest absolute Gasteiger partial charge is 0.444 e. The number of hydrogen-bond donors (Lipinski definition) is 0. The van der Waals surface area contributed by atoms with Crippen LogP contribution in [-0.2, 0) is 19.0 Å². The molecule has 1 unspecified atom stereocenters. The number of rotatable bonds is 4. The summed E-state index contributed by atoms with van der Waals surface area (Å²) in [6.45, 7) is 16.2. The summed E-state index contributed by atoms with van der Waals surface area (Å²) in [6.07, 6.45) is 8.56. The van der Waals surface area contributed by atoms with Gasteiger partial charge < -0.3 is 28.9 Å². The zero-order valence-corrected chi connectivity index (χ0v) is 30.5. The second-order valence-corrected chi connectivity index (χ2v) is 14.1. The Kier molecular flexibility index (Phi) is 14.9. The minimum absolute atomic E-state index is 0.0644. The molecule has 2 saturated heterocycles. The Bertz CT molecular complexity index is 1490. The Morgan fingerprint density at radius 1 is 0.760 bits per heavy atom. The van der Waals surface area contributed by atoms with Gasteiger partial charge in [-0.05, 0) is 83.5 Å². The van der Waals surface area contributed by atoms with E-state index in [2.05, 4.69) is 20.9 Å².